The van der Waals surface area contributed by atoms with Gasteiger partial charge < -0.3 is 30.4 Å². The van der Waals surface area contributed by atoms with Gasteiger partial charge in [-0.15, -0.1) is 6.58 Å². The Labute approximate surface area is 297 Å². The van der Waals surface area contributed by atoms with Crippen LogP contribution < -0.4 is 20.7 Å². The summed E-state index contributed by atoms with van der Waals surface area (Å²) in [6.07, 6.45) is 7.61. The molecule has 13 heteroatoms. The maximum absolute atomic E-state index is 12.9. The number of nitrogens with one attached hydrogen (secondary N) is 4. The van der Waals surface area contributed by atoms with Crippen LogP contribution in [0.3, 0.4) is 0 Å². The number of likely N-dealkylation sites (tertiary alicyclic amines) is 1. The first kappa shape index (κ1) is 51.9. The molecule has 0 radical (unpaired) electrons. The summed E-state index contributed by atoms with van der Waals surface area (Å²) in [5, 5.41) is 7.47. The molecule has 4 amide bonds. The Morgan fingerprint density at radius 3 is 1.88 bits per heavy atom. The number of hydrogen-bond acceptors (Lipinski definition) is 9. The molecule has 1 aliphatic heterocycles. The van der Waals surface area contributed by atoms with E-state index in [2.05, 4.69) is 67.8 Å². The lowest BCUT2D eigenvalue weighted by molar-refractivity contribution is -0.153. The van der Waals surface area contributed by atoms with Gasteiger partial charge in [0.1, 0.15) is 24.5 Å². The Kier molecular flexibility index (Phi) is 32.6. The van der Waals surface area contributed by atoms with Gasteiger partial charge in [-0.05, 0) is 45.4 Å². The predicted molar refractivity (Wildman–Crippen MR) is 199 cm³/mol. The van der Waals surface area contributed by atoms with Crippen LogP contribution in [-0.4, -0.2) is 84.1 Å². The standard InChI is InChI=1S/C18H31N3O5.C9H16N2O2S.2C3H8.C2H6/c1-17(2,3)14(15(24)21-9-7-8-12(21)11-22)20-16(25)19-10-13(23)26-18(4,5)6;1-3-5-7(11-14)8(12)9(13)10-6-4-2;2*1-3-2;1-2/h11-12,14H,7-10H2,1-6H3,(H2,19,20,25);4,7,11,14H,2-3,5-6H2,1H3,(H,10,13);2*3H2,1-2H3;1-2H3/t12-,14?;;;;/m0..../s1. The second-order valence-corrected chi connectivity index (χ2v) is 13.1. The first-order valence-electron chi connectivity index (χ1n) is 17.2. The number of esters is 1. The highest BCUT2D eigenvalue weighted by Crippen LogP contribution is 2.25. The normalized spacial score (nSPS) is 14.5. The molecule has 1 heterocycles. The van der Waals surface area contributed by atoms with Gasteiger partial charge in [-0.1, -0.05) is 107 Å². The number of carbonyl (C=O) groups is 6. The van der Waals surface area contributed by atoms with E-state index in [0.29, 0.717) is 25.9 Å². The van der Waals surface area contributed by atoms with Gasteiger partial charge in [0.05, 0.1) is 12.1 Å². The molecule has 0 aromatic rings. The number of Topliss-reactive ketones (excluding diaryl/α,β-unsaturated/α-hetero) is 1. The van der Waals surface area contributed by atoms with Crippen LogP contribution in [0.15, 0.2) is 12.7 Å². The van der Waals surface area contributed by atoms with Crippen molar-refractivity contribution in [3.05, 3.63) is 12.7 Å². The first-order valence-corrected chi connectivity index (χ1v) is 17.6. The molecule has 0 spiro atoms. The van der Waals surface area contributed by atoms with Crippen molar-refractivity contribution in [2.75, 3.05) is 19.6 Å². The molecule has 2 unspecified atom stereocenters. The van der Waals surface area contributed by atoms with Gasteiger partial charge in [0.15, 0.2) is 0 Å². The Morgan fingerprint density at radius 1 is 0.958 bits per heavy atom. The molecule has 1 saturated heterocycles. The minimum Gasteiger partial charge on any atom is -0.459 e. The van der Waals surface area contributed by atoms with Crippen molar-refractivity contribution >= 4 is 48.7 Å². The zero-order valence-electron chi connectivity index (χ0n) is 32.2. The predicted octanol–water partition coefficient (Wildman–Crippen LogP) is 5.55. The highest BCUT2D eigenvalue weighted by atomic mass is 32.1. The van der Waals surface area contributed by atoms with E-state index in [0.717, 1.165) is 19.1 Å². The highest BCUT2D eigenvalue weighted by molar-refractivity contribution is 7.78. The molecule has 1 rings (SSSR count). The van der Waals surface area contributed by atoms with E-state index in [1.54, 1.807) is 20.8 Å². The van der Waals surface area contributed by atoms with Gasteiger partial charge in [0, 0.05) is 13.1 Å². The first-order chi connectivity index (χ1) is 22.3. The summed E-state index contributed by atoms with van der Waals surface area (Å²) in [7, 11) is 0. The lowest BCUT2D eigenvalue weighted by atomic mass is 9.85. The number of ether oxygens (including phenoxy) is 1. The van der Waals surface area contributed by atoms with Crippen LogP contribution in [0.2, 0.25) is 0 Å². The molecule has 282 valence electrons. The molecule has 0 bridgehead atoms. The fraction of sp³-hybridized carbons (Fsp3) is 0.771. The van der Waals surface area contributed by atoms with E-state index in [4.69, 9.17) is 4.74 Å². The molecule has 3 atom stereocenters. The van der Waals surface area contributed by atoms with Crippen LogP contribution in [0.4, 0.5) is 4.79 Å². The molecule has 12 nitrogen and oxygen atoms in total. The van der Waals surface area contributed by atoms with Gasteiger partial charge >= 0.3 is 12.0 Å². The average Bonchev–Trinajstić information content (AvgIpc) is 3.49. The third-order valence-corrected chi connectivity index (χ3v) is 5.93. The molecule has 48 heavy (non-hydrogen) atoms. The second kappa shape index (κ2) is 30.2. The maximum Gasteiger partial charge on any atom is 0.325 e. The third-order valence-electron chi connectivity index (χ3n) is 5.62. The number of rotatable bonds is 12. The average molecular weight is 704 g/mol. The molecule has 4 N–H and O–H groups in total. The van der Waals surface area contributed by atoms with Gasteiger partial charge in [-0.3, -0.25) is 23.9 Å². The zero-order chi connectivity index (χ0) is 38.5. The van der Waals surface area contributed by atoms with Crippen molar-refractivity contribution in [3.8, 4) is 0 Å². The summed E-state index contributed by atoms with van der Waals surface area (Å²) < 4.78 is 7.64. The topological polar surface area (TPSA) is 163 Å². The van der Waals surface area contributed by atoms with E-state index in [1.807, 2.05) is 41.5 Å². The van der Waals surface area contributed by atoms with Crippen molar-refractivity contribution in [3.63, 3.8) is 0 Å². The molecule has 1 aliphatic rings. The van der Waals surface area contributed by atoms with E-state index >= 15 is 0 Å². The summed E-state index contributed by atoms with van der Waals surface area (Å²) in [4.78, 5) is 72.0. The summed E-state index contributed by atoms with van der Waals surface area (Å²) in [5.74, 6) is -1.93. The van der Waals surface area contributed by atoms with Crippen LogP contribution >= 0.6 is 12.8 Å². The van der Waals surface area contributed by atoms with Crippen LogP contribution in [-0.2, 0) is 28.7 Å². The molecule has 0 aromatic carbocycles. The summed E-state index contributed by atoms with van der Waals surface area (Å²) in [6.45, 7) is 29.1. The van der Waals surface area contributed by atoms with E-state index in [-0.39, 0.29) is 12.5 Å². The van der Waals surface area contributed by atoms with Crippen molar-refractivity contribution in [1.29, 1.82) is 0 Å². The van der Waals surface area contributed by atoms with Crippen LogP contribution in [0.25, 0.3) is 0 Å². The highest BCUT2D eigenvalue weighted by Gasteiger charge is 2.39. The van der Waals surface area contributed by atoms with Gasteiger partial charge in [-0.25, -0.2) is 4.79 Å². The number of urea groups is 1. The third kappa shape index (κ3) is 26.1. The Morgan fingerprint density at radius 2 is 1.48 bits per heavy atom. The number of ketones is 1. The number of thiol groups is 1. The van der Waals surface area contributed by atoms with Crippen molar-refractivity contribution in [2.24, 2.45) is 5.41 Å². The minimum absolute atomic E-state index is 0.292. The maximum atomic E-state index is 12.9. The Bertz CT molecular complexity index is 931. The van der Waals surface area contributed by atoms with E-state index in [9.17, 15) is 28.8 Å². The van der Waals surface area contributed by atoms with Gasteiger partial charge in [0.25, 0.3) is 5.91 Å². The number of carbonyl (C=O) groups excluding carboxylic acids is 6. The molecule has 0 aromatic heterocycles. The second-order valence-electron chi connectivity index (χ2n) is 12.8. The lowest BCUT2D eigenvalue weighted by Gasteiger charge is -2.34. The Balaban J connectivity index is -0.000000368. The van der Waals surface area contributed by atoms with Crippen molar-refractivity contribution in [2.45, 2.75) is 152 Å². The van der Waals surface area contributed by atoms with Crippen molar-refractivity contribution in [1.82, 2.24) is 25.6 Å². The molecule has 1 fully saturated rings. The van der Waals surface area contributed by atoms with Crippen LogP contribution in [0.5, 0.6) is 0 Å². The van der Waals surface area contributed by atoms with E-state index in [1.165, 1.54) is 23.8 Å². The zero-order valence-corrected chi connectivity index (χ0v) is 33.1. The number of amides is 4. The Hall–Kier alpha value is -2.93. The van der Waals surface area contributed by atoms with Crippen molar-refractivity contribution < 1.29 is 33.5 Å². The van der Waals surface area contributed by atoms with Crippen LogP contribution in [0, 0.1) is 5.41 Å². The molecule has 0 saturated carbocycles. The van der Waals surface area contributed by atoms with Gasteiger partial charge in [-0.2, -0.15) is 0 Å². The minimum atomic E-state index is -0.818. The lowest BCUT2D eigenvalue weighted by Crippen LogP contribution is -2.58. The van der Waals surface area contributed by atoms with E-state index < -0.39 is 52.8 Å². The van der Waals surface area contributed by atoms with Crippen LogP contribution in [0.1, 0.15) is 129 Å². The molecular formula is C35H69N5O7S. The quantitative estimate of drug-likeness (QED) is 0.0581. The number of aldehydes is 1. The summed E-state index contributed by atoms with van der Waals surface area (Å²) >= 11 is 3.80. The fourth-order valence-corrected chi connectivity index (χ4v) is 3.93. The number of hydrogen-bond donors (Lipinski definition) is 5. The summed E-state index contributed by atoms with van der Waals surface area (Å²) in [6, 6.07) is -2.40. The smallest absolute Gasteiger partial charge is 0.325 e. The van der Waals surface area contributed by atoms with Gasteiger partial charge in [0.2, 0.25) is 11.7 Å². The molecular weight excluding hydrogens is 634 g/mol. The molecule has 0 aliphatic carbocycles. The fourth-order valence-electron chi connectivity index (χ4n) is 3.69. The largest absolute Gasteiger partial charge is 0.459 e. The monoisotopic (exact) mass is 703 g/mol. The number of nitrogens with zero attached hydrogens (tertiary/aromatic N) is 1. The summed E-state index contributed by atoms with van der Waals surface area (Å²) in [5.41, 5.74) is -1.20. The SMILES string of the molecule is C=CCNC(=O)C(=O)C(CCC)NS.CC.CC(C)(C)OC(=O)CNC(=O)NC(C(=O)N1CCC[C@H]1C=O)C(C)(C)C.CCC.CCC.